The van der Waals surface area contributed by atoms with Crippen LogP contribution in [0.4, 0.5) is 17.1 Å². The fraction of sp³-hybridized carbons (Fsp3) is 0.200. The van der Waals surface area contributed by atoms with Gasteiger partial charge in [0.1, 0.15) is 28.7 Å². The SMILES string of the molecule is Cc1cc(O)cc(C)c1N(c1cccc(Oc2ccc(O)c(C)c2C)c1)c1c(C)cc(O)cc1C. The molecule has 0 aliphatic carbocycles. The largest absolute Gasteiger partial charge is 0.508 e. The number of hydrogen-bond acceptors (Lipinski definition) is 5. The van der Waals surface area contributed by atoms with Crippen molar-refractivity contribution in [3.8, 4) is 28.7 Å². The number of ether oxygens (including phenoxy) is 1. The molecule has 0 aromatic heterocycles. The molecule has 0 unspecified atom stereocenters. The normalized spacial score (nSPS) is 10.9. The average Bonchev–Trinajstić information content (AvgIpc) is 2.77. The third kappa shape index (κ3) is 4.62. The summed E-state index contributed by atoms with van der Waals surface area (Å²) in [5.41, 5.74) is 8.13. The topological polar surface area (TPSA) is 73.2 Å². The lowest BCUT2D eigenvalue weighted by Gasteiger charge is -2.31. The summed E-state index contributed by atoms with van der Waals surface area (Å²) in [4.78, 5) is 2.15. The highest BCUT2D eigenvalue weighted by molar-refractivity contribution is 5.84. The zero-order chi connectivity index (χ0) is 25.4. The minimum absolute atomic E-state index is 0.220. The number of phenolic OH excluding ortho intramolecular Hbond substituents is 3. The Morgan fingerprint density at radius 3 is 1.63 bits per heavy atom. The number of aromatic hydroxyl groups is 3. The van der Waals surface area contributed by atoms with E-state index in [4.69, 9.17) is 4.74 Å². The van der Waals surface area contributed by atoms with Crippen LogP contribution in [0.5, 0.6) is 28.7 Å². The second-order valence-electron chi connectivity index (χ2n) is 9.12. The molecular weight excluding hydrogens is 438 g/mol. The first-order valence-corrected chi connectivity index (χ1v) is 11.5. The zero-order valence-corrected chi connectivity index (χ0v) is 21.0. The molecule has 5 heteroatoms. The summed E-state index contributed by atoms with van der Waals surface area (Å²) < 4.78 is 6.25. The number of benzene rings is 4. The second-order valence-corrected chi connectivity index (χ2v) is 9.12. The lowest BCUT2D eigenvalue weighted by atomic mass is 10.0. The molecular formula is C30H31NO4. The van der Waals surface area contributed by atoms with E-state index < -0.39 is 0 Å². The third-order valence-corrected chi connectivity index (χ3v) is 6.41. The highest BCUT2D eigenvalue weighted by atomic mass is 16.5. The standard InChI is InChI=1S/C30H31NO4/c1-17-12-24(32)13-18(2)29(17)31(30-19(3)14-25(33)15-20(30)4)23-8-7-9-26(16-23)35-28-11-10-27(34)21(5)22(28)6/h7-16,32-34H,1-6H3. The molecule has 0 aliphatic rings. The van der Waals surface area contributed by atoms with Crippen molar-refractivity contribution in [1.82, 2.24) is 0 Å². The zero-order valence-electron chi connectivity index (χ0n) is 21.0. The van der Waals surface area contributed by atoms with Crippen LogP contribution in [0.3, 0.4) is 0 Å². The summed E-state index contributed by atoms with van der Waals surface area (Å²) in [5.74, 6) is 2.02. The summed E-state index contributed by atoms with van der Waals surface area (Å²) in [7, 11) is 0. The predicted octanol–water partition coefficient (Wildman–Crippen LogP) is 7.92. The van der Waals surface area contributed by atoms with E-state index >= 15 is 0 Å². The molecule has 0 heterocycles. The van der Waals surface area contributed by atoms with Crippen molar-refractivity contribution in [1.29, 1.82) is 0 Å². The predicted molar refractivity (Wildman–Crippen MR) is 141 cm³/mol. The van der Waals surface area contributed by atoms with E-state index in [2.05, 4.69) is 4.90 Å². The highest BCUT2D eigenvalue weighted by Crippen LogP contribution is 2.45. The van der Waals surface area contributed by atoms with Gasteiger partial charge in [-0.25, -0.2) is 0 Å². The van der Waals surface area contributed by atoms with Crippen molar-refractivity contribution in [3.63, 3.8) is 0 Å². The van der Waals surface area contributed by atoms with Gasteiger partial charge >= 0.3 is 0 Å². The molecule has 35 heavy (non-hydrogen) atoms. The van der Waals surface area contributed by atoms with E-state index in [1.54, 1.807) is 36.4 Å². The Morgan fingerprint density at radius 1 is 0.600 bits per heavy atom. The van der Waals surface area contributed by atoms with Crippen LogP contribution in [0, 0.1) is 41.5 Å². The molecule has 4 aromatic rings. The van der Waals surface area contributed by atoms with E-state index in [1.165, 1.54) is 0 Å². The summed E-state index contributed by atoms with van der Waals surface area (Å²) in [6, 6.07) is 18.2. The van der Waals surface area contributed by atoms with Crippen LogP contribution in [0.1, 0.15) is 33.4 Å². The maximum absolute atomic E-state index is 10.2. The fourth-order valence-electron chi connectivity index (χ4n) is 4.65. The van der Waals surface area contributed by atoms with Gasteiger partial charge < -0.3 is 25.0 Å². The van der Waals surface area contributed by atoms with Gasteiger partial charge in [0, 0.05) is 11.8 Å². The molecule has 0 amide bonds. The average molecular weight is 470 g/mol. The maximum atomic E-state index is 10.2. The minimum Gasteiger partial charge on any atom is -0.508 e. The molecule has 4 aromatic carbocycles. The lowest BCUT2D eigenvalue weighted by molar-refractivity contribution is 0.457. The van der Waals surface area contributed by atoms with E-state index in [9.17, 15) is 15.3 Å². The Labute approximate surface area is 206 Å². The number of nitrogens with zero attached hydrogens (tertiary/aromatic N) is 1. The van der Waals surface area contributed by atoms with Crippen molar-refractivity contribution in [3.05, 3.63) is 94.0 Å². The van der Waals surface area contributed by atoms with Gasteiger partial charge in [-0.15, -0.1) is 0 Å². The number of rotatable bonds is 5. The van der Waals surface area contributed by atoms with E-state index in [0.29, 0.717) is 11.5 Å². The Morgan fingerprint density at radius 2 is 1.11 bits per heavy atom. The minimum atomic E-state index is 0.220. The van der Waals surface area contributed by atoms with Crippen molar-refractivity contribution in [2.24, 2.45) is 0 Å². The van der Waals surface area contributed by atoms with Crippen LogP contribution < -0.4 is 9.64 Å². The van der Waals surface area contributed by atoms with Crippen LogP contribution in [0.25, 0.3) is 0 Å². The van der Waals surface area contributed by atoms with Gasteiger partial charge in [0.05, 0.1) is 11.4 Å². The molecule has 0 bridgehead atoms. The molecule has 0 spiro atoms. The Bertz CT molecular complexity index is 1320. The van der Waals surface area contributed by atoms with Gasteiger partial charge in [-0.1, -0.05) is 6.07 Å². The van der Waals surface area contributed by atoms with E-state index in [-0.39, 0.29) is 17.2 Å². The smallest absolute Gasteiger partial charge is 0.130 e. The first-order valence-electron chi connectivity index (χ1n) is 11.5. The summed E-state index contributed by atoms with van der Waals surface area (Å²) >= 11 is 0. The third-order valence-electron chi connectivity index (χ3n) is 6.41. The number of anilines is 3. The highest BCUT2D eigenvalue weighted by Gasteiger charge is 2.22. The quantitative estimate of drug-likeness (QED) is 0.277. The summed E-state index contributed by atoms with van der Waals surface area (Å²) in [5, 5.41) is 30.4. The van der Waals surface area contributed by atoms with Crippen LogP contribution in [0.15, 0.2) is 60.7 Å². The molecule has 0 atom stereocenters. The Balaban J connectivity index is 1.90. The van der Waals surface area contributed by atoms with Crippen molar-refractivity contribution in [2.45, 2.75) is 41.5 Å². The monoisotopic (exact) mass is 469 g/mol. The molecule has 4 rings (SSSR count). The molecule has 0 saturated carbocycles. The van der Waals surface area contributed by atoms with Crippen LogP contribution in [0.2, 0.25) is 0 Å². The van der Waals surface area contributed by atoms with Gasteiger partial charge in [0.25, 0.3) is 0 Å². The van der Waals surface area contributed by atoms with Crippen molar-refractivity contribution in [2.75, 3.05) is 4.90 Å². The van der Waals surface area contributed by atoms with Gasteiger partial charge in [-0.3, -0.25) is 0 Å². The first-order chi connectivity index (χ1) is 16.6. The number of phenols is 3. The molecule has 0 saturated heterocycles. The van der Waals surface area contributed by atoms with Gasteiger partial charge in [0.2, 0.25) is 0 Å². The van der Waals surface area contributed by atoms with E-state index in [1.807, 2.05) is 65.8 Å². The van der Waals surface area contributed by atoms with Crippen LogP contribution in [-0.4, -0.2) is 15.3 Å². The lowest BCUT2D eigenvalue weighted by Crippen LogP contribution is -2.15. The molecule has 0 aliphatic heterocycles. The van der Waals surface area contributed by atoms with Crippen molar-refractivity contribution >= 4 is 17.1 Å². The van der Waals surface area contributed by atoms with Gasteiger partial charge in [0.15, 0.2) is 0 Å². The van der Waals surface area contributed by atoms with Gasteiger partial charge in [-0.05, 0) is 123 Å². The summed E-state index contributed by atoms with van der Waals surface area (Å²) in [6.45, 7) is 11.7. The Kier molecular flexibility index (Phi) is 6.35. The van der Waals surface area contributed by atoms with Gasteiger partial charge in [-0.2, -0.15) is 0 Å². The van der Waals surface area contributed by atoms with Crippen LogP contribution in [-0.2, 0) is 0 Å². The Hall–Kier alpha value is -4.12. The first kappa shape index (κ1) is 24.0. The molecule has 180 valence electrons. The number of hydrogen-bond donors (Lipinski definition) is 3. The maximum Gasteiger partial charge on any atom is 0.130 e. The second kappa shape index (κ2) is 9.26. The summed E-state index contributed by atoms with van der Waals surface area (Å²) in [6.07, 6.45) is 0. The molecule has 0 fully saturated rings. The molecule has 0 radical (unpaired) electrons. The van der Waals surface area contributed by atoms with Crippen molar-refractivity contribution < 1.29 is 20.1 Å². The fourth-order valence-corrected chi connectivity index (χ4v) is 4.65. The molecule has 5 nitrogen and oxygen atoms in total. The number of aryl methyl sites for hydroxylation is 4. The van der Waals surface area contributed by atoms with E-state index in [0.717, 1.165) is 50.4 Å². The van der Waals surface area contributed by atoms with Crippen LogP contribution >= 0.6 is 0 Å². The molecule has 3 N–H and O–H groups in total.